The van der Waals surface area contributed by atoms with Gasteiger partial charge in [-0.05, 0) is 36.8 Å². The third-order valence-electron chi connectivity index (χ3n) is 3.10. The molecule has 2 aromatic rings. The lowest BCUT2D eigenvalue weighted by atomic mass is 10.1. The van der Waals surface area contributed by atoms with Gasteiger partial charge < -0.3 is 14.2 Å². The van der Waals surface area contributed by atoms with Crippen LogP contribution in [-0.4, -0.2) is 12.6 Å². The fourth-order valence-electron chi connectivity index (χ4n) is 2.08. The first kappa shape index (κ1) is 12.5. The average molecular weight is 270 g/mol. The Morgan fingerprint density at radius 3 is 2.80 bits per heavy atom. The first-order valence-corrected chi connectivity index (χ1v) is 6.35. The van der Waals surface area contributed by atoms with Crippen molar-refractivity contribution in [2.24, 2.45) is 0 Å². The molecule has 0 radical (unpaired) electrons. The van der Waals surface area contributed by atoms with E-state index in [1.165, 1.54) is 6.92 Å². The SMILES string of the molecule is CC(=O)c1ccccc1OCc1ccc2c(c1)OCO2. The topological polar surface area (TPSA) is 44.8 Å². The highest BCUT2D eigenvalue weighted by molar-refractivity contribution is 5.96. The molecule has 0 saturated heterocycles. The van der Waals surface area contributed by atoms with E-state index in [9.17, 15) is 4.79 Å². The van der Waals surface area contributed by atoms with E-state index in [4.69, 9.17) is 14.2 Å². The van der Waals surface area contributed by atoms with E-state index in [1.54, 1.807) is 12.1 Å². The van der Waals surface area contributed by atoms with Crippen LogP contribution in [0.15, 0.2) is 42.5 Å². The standard InChI is InChI=1S/C16H14O4/c1-11(17)13-4-2-3-5-14(13)18-9-12-6-7-15-16(8-12)20-10-19-15/h2-8H,9-10H2,1H3. The van der Waals surface area contributed by atoms with Crippen LogP contribution in [0.4, 0.5) is 0 Å². The van der Waals surface area contributed by atoms with E-state index >= 15 is 0 Å². The maximum absolute atomic E-state index is 11.5. The Morgan fingerprint density at radius 2 is 1.95 bits per heavy atom. The van der Waals surface area contributed by atoms with Crippen molar-refractivity contribution in [1.29, 1.82) is 0 Å². The molecule has 0 spiro atoms. The minimum Gasteiger partial charge on any atom is -0.488 e. The normalized spacial score (nSPS) is 12.2. The molecule has 102 valence electrons. The summed E-state index contributed by atoms with van der Waals surface area (Å²) in [4.78, 5) is 11.5. The molecule has 0 amide bonds. The predicted molar refractivity (Wildman–Crippen MR) is 73.3 cm³/mol. The van der Waals surface area contributed by atoms with E-state index in [0.29, 0.717) is 17.9 Å². The largest absolute Gasteiger partial charge is 0.488 e. The molecule has 20 heavy (non-hydrogen) atoms. The van der Waals surface area contributed by atoms with Gasteiger partial charge in [0.15, 0.2) is 17.3 Å². The Morgan fingerprint density at radius 1 is 1.15 bits per heavy atom. The maximum atomic E-state index is 11.5. The molecular formula is C16H14O4. The van der Waals surface area contributed by atoms with Crippen molar-refractivity contribution in [1.82, 2.24) is 0 Å². The fraction of sp³-hybridized carbons (Fsp3) is 0.188. The zero-order chi connectivity index (χ0) is 13.9. The number of ether oxygens (including phenoxy) is 3. The molecule has 1 aliphatic heterocycles. The number of ketones is 1. The number of carbonyl (C=O) groups is 1. The van der Waals surface area contributed by atoms with Crippen LogP contribution in [0, 0.1) is 0 Å². The molecule has 2 aromatic carbocycles. The Balaban J connectivity index is 1.75. The second-order valence-electron chi connectivity index (χ2n) is 4.53. The Labute approximate surface area is 116 Å². The van der Waals surface area contributed by atoms with Gasteiger partial charge in [0, 0.05) is 0 Å². The van der Waals surface area contributed by atoms with Crippen molar-refractivity contribution in [2.45, 2.75) is 13.5 Å². The van der Waals surface area contributed by atoms with Gasteiger partial charge in [0.05, 0.1) is 5.56 Å². The van der Waals surface area contributed by atoms with E-state index < -0.39 is 0 Å². The number of fused-ring (bicyclic) bond motifs is 1. The molecule has 1 aliphatic rings. The molecule has 0 aromatic heterocycles. The summed E-state index contributed by atoms with van der Waals surface area (Å²) in [5.74, 6) is 2.06. The van der Waals surface area contributed by atoms with Crippen LogP contribution in [0.25, 0.3) is 0 Å². The van der Waals surface area contributed by atoms with Crippen LogP contribution in [0.2, 0.25) is 0 Å². The summed E-state index contributed by atoms with van der Waals surface area (Å²) in [5.41, 5.74) is 1.56. The van der Waals surface area contributed by atoms with Crippen LogP contribution >= 0.6 is 0 Å². The second-order valence-corrected chi connectivity index (χ2v) is 4.53. The first-order valence-electron chi connectivity index (χ1n) is 6.35. The van der Waals surface area contributed by atoms with Crippen LogP contribution in [0.3, 0.4) is 0 Å². The lowest BCUT2D eigenvalue weighted by Crippen LogP contribution is -2.01. The number of hydrogen-bond acceptors (Lipinski definition) is 4. The van der Waals surface area contributed by atoms with Crippen LogP contribution < -0.4 is 14.2 Å². The molecule has 0 bridgehead atoms. The summed E-state index contributed by atoms with van der Waals surface area (Å²) in [7, 11) is 0. The van der Waals surface area contributed by atoms with Gasteiger partial charge in [-0.25, -0.2) is 0 Å². The van der Waals surface area contributed by atoms with Crippen molar-refractivity contribution in [3.63, 3.8) is 0 Å². The van der Waals surface area contributed by atoms with Gasteiger partial charge in [-0.1, -0.05) is 18.2 Å². The monoisotopic (exact) mass is 270 g/mol. The van der Waals surface area contributed by atoms with E-state index in [0.717, 1.165) is 17.1 Å². The van der Waals surface area contributed by atoms with Crippen LogP contribution in [-0.2, 0) is 6.61 Å². The molecular weight excluding hydrogens is 256 g/mol. The second kappa shape index (κ2) is 5.25. The summed E-state index contributed by atoms with van der Waals surface area (Å²) in [6.45, 7) is 2.16. The van der Waals surface area contributed by atoms with Gasteiger partial charge in [-0.2, -0.15) is 0 Å². The quantitative estimate of drug-likeness (QED) is 0.800. The summed E-state index contributed by atoms with van der Waals surface area (Å²) >= 11 is 0. The van der Waals surface area contributed by atoms with Gasteiger partial charge in [-0.15, -0.1) is 0 Å². The lowest BCUT2D eigenvalue weighted by molar-refractivity contribution is 0.101. The zero-order valence-electron chi connectivity index (χ0n) is 11.1. The third kappa shape index (κ3) is 2.45. The van der Waals surface area contributed by atoms with E-state index in [2.05, 4.69) is 0 Å². The van der Waals surface area contributed by atoms with Crippen molar-refractivity contribution in [2.75, 3.05) is 6.79 Å². The highest BCUT2D eigenvalue weighted by Gasteiger charge is 2.14. The Hall–Kier alpha value is -2.49. The van der Waals surface area contributed by atoms with Gasteiger partial charge in [-0.3, -0.25) is 4.79 Å². The molecule has 4 heteroatoms. The lowest BCUT2D eigenvalue weighted by Gasteiger charge is -2.10. The summed E-state index contributed by atoms with van der Waals surface area (Å²) in [6.07, 6.45) is 0. The van der Waals surface area contributed by atoms with Crippen molar-refractivity contribution in [3.05, 3.63) is 53.6 Å². The molecule has 0 saturated carbocycles. The van der Waals surface area contributed by atoms with Crippen molar-refractivity contribution in [3.8, 4) is 17.2 Å². The molecule has 3 rings (SSSR count). The average Bonchev–Trinajstić information content (AvgIpc) is 2.92. The Kier molecular flexibility index (Phi) is 3.29. The number of para-hydroxylation sites is 1. The molecule has 0 aliphatic carbocycles. The number of carbonyl (C=O) groups excluding carboxylic acids is 1. The summed E-state index contributed by atoms with van der Waals surface area (Å²) < 4.78 is 16.3. The summed E-state index contributed by atoms with van der Waals surface area (Å²) in [5, 5.41) is 0. The molecule has 4 nitrogen and oxygen atoms in total. The van der Waals surface area contributed by atoms with Crippen LogP contribution in [0.5, 0.6) is 17.2 Å². The zero-order valence-corrected chi connectivity index (χ0v) is 11.1. The Bertz CT molecular complexity index is 649. The molecule has 1 heterocycles. The molecule has 0 fully saturated rings. The third-order valence-corrected chi connectivity index (χ3v) is 3.10. The van der Waals surface area contributed by atoms with Crippen molar-refractivity contribution >= 4 is 5.78 Å². The minimum absolute atomic E-state index is 0.00807. The van der Waals surface area contributed by atoms with Gasteiger partial charge in [0.25, 0.3) is 0 Å². The predicted octanol–water partition coefficient (Wildman–Crippen LogP) is 3.20. The van der Waals surface area contributed by atoms with Gasteiger partial charge in [0.1, 0.15) is 12.4 Å². The summed E-state index contributed by atoms with van der Waals surface area (Å²) in [6, 6.07) is 12.9. The number of hydrogen-bond donors (Lipinski definition) is 0. The molecule has 0 N–H and O–H groups in total. The highest BCUT2D eigenvalue weighted by Crippen LogP contribution is 2.32. The first-order chi connectivity index (χ1) is 9.74. The van der Waals surface area contributed by atoms with Gasteiger partial charge >= 0.3 is 0 Å². The highest BCUT2D eigenvalue weighted by atomic mass is 16.7. The maximum Gasteiger partial charge on any atom is 0.231 e. The number of benzene rings is 2. The van der Waals surface area contributed by atoms with Crippen LogP contribution in [0.1, 0.15) is 22.8 Å². The van der Waals surface area contributed by atoms with E-state index in [-0.39, 0.29) is 12.6 Å². The fourth-order valence-corrected chi connectivity index (χ4v) is 2.08. The molecule has 0 atom stereocenters. The number of rotatable bonds is 4. The number of Topliss-reactive ketones (excluding diaryl/α,β-unsaturated/α-hetero) is 1. The molecule has 0 unspecified atom stereocenters. The smallest absolute Gasteiger partial charge is 0.231 e. The van der Waals surface area contributed by atoms with Crippen molar-refractivity contribution < 1.29 is 19.0 Å². The minimum atomic E-state index is -0.00807. The van der Waals surface area contributed by atoms with Gasteiger partial charge in [0.2, 0.25) is 6.79 Å². The van der Waals surface area contributed by atoms with E-state index in [1.807, 2.05) is 30.3 Å².